The van der Waals surface area contributed by atoms with Crippen LogP contribution in [-0.4, -0.2) is 23.0 Å². The molecule has 1 aliphatic rings. The van der Waals surface area contributed by atoms with Crippen LogP contribution in [0.25, 0.3) is 0 Å². The predicted octanol–water partition coefficient (Wildman–Crippen LogP) is 4.14. The zero-order valence-corrected chi connectivity index (χ0v) is 11.7. The molecule has 0 aromatic carbocycles. The Morgan fingerprint density at radius 1 is 1.18 bits per heavy atom. The summed E-state index contributed by atoms with van der Waals surface area (Å²) in [7, 11) is 0. The Hall–Kier alpha value is -0.600. The zero-order chi connectivity index (χ0) is 12.5. The SMILES string of the molecule is CCC.Clc1ccc(CN2CCCCC2)cn1. The van der Waals surface area contributed by atoms with Crippen LogP contribution in [0.5, 0.6) is 0 Å². The minimum atomic E-state index is 0.576. The highest BCUT2D eigenvalue weighted by atomic mass is 35.5. The number of likely N-dealkylation sites (tertiary alicyclic amines) is 1. The second-order valence-corrected chi connectivity index (χ2v) is 4.92. The number of hydrogen-bond donors (Lipinski definition) is 0. The Bertz CT molecular complexity index is 292. The molecule has 2 heterocycles. The maximum absolute atomic E-state index is 5.73. The molecule has 0 atom stereocenters. The Labute approximate surface area is 110 Å². The molecule has 2 rings (SSSR count). The molecule has 0 saturated carbocycles. The van der Waals surface area contributed by atoms with Crippen molar-refractivity contribution in [2.75, 3.05) is 13.1 Å². The van der Waals surface area contributed by atoms with Crippen molar-refractivity contribution < 1.29 is 0 Å². The van der Waals surface area contributed by atoms with Gasteiger partial charge in [0.1, 0.15) is 5.15 Å². The summed E-state index contributed by atoms with van der Waals surface area (Å²) in [5, 5.41) is 0.576. The van der Waals surface area contributed by atoms with E-state index in [2.05, 4.69) is 29.8 Å². The molecule has 1 aromatic heterocycles. The molecular formula is C14H23ClN2. The van der Waals surface area contributed by atoms with Gasteiger partial charge in [-0.15, -0.1) is 0 Å². The molecule has 0 unspecified atom stereocenters. The van der Waals surface area contributed by atoms with Crippen molar-refractivity contribution in [2.24, 2.45) is 0 Å². The third kappa shape index (κ3) is 6.04. The molecule has 1 aromatic rings. The molecule has 0 spiro atoms. The maximum atomic E-state index is 5.73. The quantitative estimate of drug-likeness (QED) is 0.738. The molecular weight excluding hydrogens is 232 g/mol. The fourth-order valence-electron chi connectivity index (χ4n) is 1.88. The van der Waals surface area contributed by atoms with Crippen LogP contribution in [0.3, 0.4) is 0 Å². The molecule has 0 bridgehead atoms. The Balaban J connectivity index is 0.000000437. The third-order valence-electron chi connectivity index (χ3n) is 2.64. The van der Waals surface area contributed by atoms with Crippen molar-refractivity contribution in [3.8, 4) is 0 Å². The monoisotopic (exact) mass is 254 g/mol. The summed E-state index contributed by atoms with van der Waals surface area (Å²) in [4.78, 5) is 6.56. The minimum Gasteiger partial charge on any atom is -0.299 e. The molecule has 0 amide bonds. The first-order valence-corrected chi connectivity index (χ1v) is 6.96. The van der Waals surface area contributed by atoms with E-state index in [4.69, 9.17) is 11.6 Å². The van der Waals surface area contributed by atoms with E-state index in [-0.39, 0.29) is 0 Å². The molecule has 96 valence electrons. The van der Waals surface area contributed by atoms with E-state index < -0.39 is 0 Å². The molecule has 3 heteroatoms. The maximum Gasteiger partial charge on any atom is 0.129 e. The van der Waals surface area contributed by atoms with Gasteiger partial charge in [-0.05, 0) is 37.6 Å². The van der Waals surface area contributed by atoms with Crippen LogP contribution in [0, 0.1) is 0 Å². The summed E-state index contributed by atoms with van der Waals surface area (Å²) in [6.07, 6.45) is 7.17. The average molecular weight is 255 g/mol. The number of rotatable bonds is 2. The molecule has 17 heavy (non-hydrogen) atoms. The number of pyridine rings is 1. The van der Waals surface area contributed by atoms with Crippen LogP contribution in [0.1, 0.15) is 45.1 Å². The summed E-state index contributed by atoms with van der Waals surface area (Å²) in [6, 6.07) is 3.92. The van der Waals surface area contributed by atoms with Gasteiger partial charge in [0.2, 0.25) is 0 Å². The van der Waals surface area contributed by atoms with Crippen LogP contribution >= 0.6 is 11.6 Å². The Morgan fingerprint density at radius 2 is 1.82 bits per heavy atom. The van der Waals surface area contributed by atoms with Crippen molar-refractivity contribution in [2.45, 2.75) is 46.1 Å². The van der Waals surface area contributed by atoms with Crippen molar-refractivity contribution >= 4 is 11.6 Å². The summed E-state index contributed by atoms with van der Waals surface area (Å²) in [5.74, 6) is 0. The standard InChI is InChI=1S/C11H15ClN2.C3H8/c12-11-5-4-10(8-13-11)9-14-6-2-1-3-7-14;1-3-2/h4-5,8H,1-3,6-7,9H2;3H2,1-2H3. The van der Waals surface area contributed by atoms with Crippen LogP contribution in [0.15, 0.2) is 18.3 Å². The van der Waals surface area contributed by atoms with E-state index in [0.717, 1.165) is 6.54 Å². The van der Waals surface area contributed by atoms with Crippen molar-refractivity contribution in [1.29, 1.82) is 0 Å². The van der Waals surface area contributed by atoms with Crippen LogP contribution in [0.2, 0.25) is 5.15 Å². The smallest absolute Gasteiger partial charge is 0.129 e. The first kappa shape index (κ1) is 14.5. The number of nitrogens with zero attached hydrogens (tertiary/aromatic N) is 2. The van der Waals surface area contributed by atoms with Crippen LogP contribution in [-0.2, 0) is 6.54 Å². The van der Waals surface area contributed by atoms with Crippen molar-refractivity contribution in [3.05, 3.63) is 29.0 Å². The highest BCUT2D eigenvalue weighted by Crippen LogP contribution is 2.13. The van der Waals surface area contributed by atoms with E-state index in [9.17, 15) is 0 Å². The van der Waals surface area contributed by atoms with E-state index in [1.165, 1.54) is 44.3 Å². The van der Waals surface area contributed by atoms with E-state index in [1.807, 2.05) is 12.3 Å². The fraction of sp³-hybridized carbons (Fsp3) is 0.643. The highest BCUT2D eigenvalue weighted by Gasteiger charge is 2.10. The predicted molar refractivity (Wildman–Crippen MR) is 74.3 cm³/mol. The van der Waals surface area contributed by atoms with Gasteiger partial charge in [-0.1, -0.05) is 44.4 Å². The van der Waals surface area contributed by atoms with Crippen molar-refractivity contribution in [3.63, 3.8) is 0 Å². The molecule has 1 saturated heterocycles. The normalized spacial score (nSPS) is 16.2. The lowest BCUT2D eigenvalue weighted by molar-refractivity contribution is 0.220. The molecule has 0 aliphatic carbocycles. The lowest BCUT2D eigenvalue weighted by Gasteiger charge is -2.26. The van der Waals surface area contributed by atoms with Gasteiger partial charge in [0.15, 0.2) is 0 Å². The number of piperidine rings is 1. The van der Waals surface area contributed by atoms with Gasteiger partial charge in [-0.2, -0.15) is 0 Å². The first-order valence-electron chi connectivity index (χ1n) is 6.59. The summed E-state index contributed by atoms with van der Waals surface area (Å²) >= 11 is 5.73. The highest BCUT2D eigenvalue weighted by molar-refractivity contribution is 6.29. The van der Waals surface area contributed by atoms with Gasteiger partial charge in [0.25, 0.3) is 0 Å². The summed E-state index contributed by atoms with van der Waals surface area (Å²) in [5.41, 5.74) is 1.26. The summed E-state index contributed by atoms with van der Waals surface area (Å²) in [6.45, 7) is 7.72. The van der Waals surface area contributed by atoms with E-state index in [1.54, 1.807) is 0 Å². The van der Waals surface area contributed by atoms with Crippen LogP contribution in [0.4, 0.5) is 0 Å². The number of hydrogen-bond acceptors (Lipinski definition) is 2. The van der Waals surface area contributed by atoms with Gasteiger partial charge in [-0.25, -0.2) is 4.98 Å². The average Bonchev–Trinajstić information content (AvgIpc) is 2.35. The molecule has 1 fully saturated rings. The molecule has 0 N–H and O–H groups in total. The Morgan fingerprint density at radius 3 is 2.35 bits per heavy atom. The lowest BCUT2D eigenvalue weighted by atomic mass is 10.1. The van der Waals surface area contributed by atoms with Gasteiger partial charge < -0.3 is 0 Å². The fourth-order valence-corrected chi connectivity index (χ4v) is 1.99. The third-order valence-corrected chi connectivity index (χ3v) is 2.87. The topological polar surface area (TPSA) is 16.1 Å². The molecule has 2 nitrogen and oxygen atoms in total. The van der Waals surface area contributed by atoms with Gasteiger partial charge in [0.05, 0.1) is 0 Å². The van der Waals surface area contributed by atoms with Gasteiger partial charge in [-0.3, -0.25) is 4.90 Å². The second kappa shape index (κ2) is 8.48. The molecule has 1 aliphatic heterocycles. The first-order chi connectivity index (χ1) is 8.26. The number of aromatic nitrogens is 1. The number of halogens is 1. The summed E-state index contributed by atoms with van der Waals surface area (Å²) < 4.78 is 0. The van der Waals surface area contributed by atoms with Crippen molar-refractivity contribution in [1.82, 2.24) is 9.88 Å². The van der Waals surface area contributed by atoms with E-state index >= 15 is 0 Å². The minimum absolute atomic E-state index is 0.576. The molecule has 0 radical (unpaired) electrons. The second-order valence-electron chi connectivity index (χ2n) is 4.53. The van der Waals surface area contributed by atoms with Gasteiger partial charge in [0, 0.05) is 12.7 Å². The van der Waals surface area contributed by atoms with E-state index in [0.29, 0.717) is 5.15 Å². The lowest BCUT2D eigenvalue weighted by Crippen LogP contribution is -2.29. The van der Waals surface area contributed by atoms with Gasteiger partial charge >= 0.3 is 0 Å². The Kier molecular flexibility index (Phi) is 7.22. The largest absolute Gasteiger partial charge is 0.299 e. The van der Waals surface area contributed by atoms with Crippen LogP contribution < -0.4 is 0 Å². The zero-order valence-electron chi connectivity index (χ0n) is 11.0.